The molecule has 7 heavy (non-hydrogen) atoms. The minimum absolute atomic E-state index is 0. The van der Waals surface area contributed by atoms with Crippen LogP contribution in [0.3, 0.4) is 0 Å². The summed E-state index contributed by atoms with van der Waals surface area (Å²) in [4.78, 5) is 9.31. The van der Waals surface area contributed by atoms with Crippen molar-refractivity contribution in [3.05, 3.63) is 12.8 Å². The third kappa shape index (κ3) is 11.3. The summed E-state index contributed by atoms with van der Waals surface area (Å²) in [6.07, 6.45) is -0.479. The van der Waals surface area contributed by atoms with Crippen LogP contribution in [0.2, 0.25) is 0 Å². The third-order valence-corrected chi connectivity index (χ3v) is 0.184. The zero-order valence-electron chi connectivity index (χ0n) is 3.55. The van der Waals surface area contributed by atoms with Gasteiger partial charge in [-0.3, -0.25) is 0 Å². The Hall–Kier alpha value is -1.03. The van der Waals surface area contributed by atoms with E-state index in [0.717, 1.165) is 6.26 Å². The molecule has 3 N–H and O–H groups in total. The van der Waals surface area contributed by atoms with Crippen LogP contribution in [-0.2, 0) is 4.74 Å². The van der Waals surface area contributed by atoms with Crippen molar-refractivity contribution in [2.75, 3.05) is 0 Å². The van der Waals surface area contributed by atoms with Gasteiger partial charge in [0.15, 0.2) is 0 Å². The normalized spacial score (nSPS) is 5.71. The van der Waals surface area contributed by atoms with E-state index in [2.05, 4.69) is 11.3 Å². The highest BCUT2D eigenvalue weighted by molar-refractivity contribution is 5.57. The largest absolute Gasteiger partial charge is 0.510 e. The number of carbonyl (C=O) groups is 1. The summed E-state index contributed by atoms with van der Waals surface area (Å²) in [6, 6.07) is 0. The first-order chi connectivity index (χ1) is 2.77. The van der Waals surface area contributed by atoms with Crippen molar-refractivity contribution >= 4 is 6.16 Å². The molecular formula is C3H6O4. The second kappa shape index (κ2) is 4.97. The molecule has 42 valence electrons. The Balaban J connectivity index is 0. The van der Waals surface area contributed by atoms with Crippen molar-refractivity contribution in [1.82, 2.24) is 0 Å². The van der Waals surface area contributed by atoms with Gasteiger partial charge in [0.05, 0.1) is 6.26 Å². The minimum atomic E-state index is -1.33. The molecule has 0 aliphatic heterocycles. The van der Waals surface area contributed by atoms with E-state index in [1.54, 1.807) is 0 Å². The van der Waals surface area contributed by atoms with Gasteiger partial charge in [0, 0.05) is 0 Å². The quantitative estimate of drug-likeness (QED) is 0.377. The van der Waals surface area contributed by atoms with Gasteiger partial charge in [-0.05, 0) is 0 Å². The highest BCUT2D eigenvalue weighted by Crippen LogP contribution is 1.70. The maximum Gasteiger partial charge on any atom is 0.510 e. The highest BCUT2D eigenvalue weighted by Gasteiger charge is 1.84. The molecule has 0 spiro atoms. The van der Waals surface area contributed by atoms with E-state index in [4.69, 9.17) is 5.11 Å². The zero-order valence-corrected chi connectivity index (χ0v) is 3.55. The van der Waals surface area contributed by atoms with Gasteiger partial charge in [-0.15, -0.1) is 0 Å². The molecule has 0 aliphatic rings. The van der Waals surface area contributed by atoms with Gasteiger partial charge in [0.1, 0.15) is 0 Å². The fraction of sp³-hybridized carbons (Fsp3) is 0. The van der Waals surface area contributed by atoms with Gasteiger partial charge in [0.25, 0.3) is 0 Å². The monoisotopic (exact) mass is 106 g/mol. The van der Waals surface area contributed by atoms with Gasteiger partial charge < -0.3 is 15.3 Å². The second-order valence-corrected chi connectivity index (χ2v) is 0.550. The third-order valence-electron chi connectivity index (χ3n) is 0.184. The lowest BCUT2D eigenvalue weighted by molar-refractivity contribution is 0.128. The molecule has 0 rings (SSSR count). The molecule has 4 nitrogen and oxygen atoms in total. The van der Waals surface area contributed by atoms with Crippen molar-refractivity contribution in [3.63, 3.8) is 0 Å². The van der Waals surface area contributed by atoms with Crippen LogP contribution >= 0.6 is 0 Å². The van der Waals surface area contributed by atoms with E-state index in [1.165, 1.54) is 0 Å². The molecule has 0 aromatic heterocycles. The first-order valence-corrected chi connectivity index (χ1v) is 1.28. The molecule has 0 unspecified atom stereocenters. The lowest BCUT2D eigenvalue weighted by Crippen LogP contribution is -1.89. The van der Waals surface area contributed by atoms with Crippen LogP contribution < -0.4 is 0 Å². The second-order valence-electron chi connectivity index (χ2n) is 0.550. The van der Waals surface area contributed by atoms with Crippen LogP contribution in [0.5, 0.6) is 0 Å². The molecule has 0 atom stereocenters. The van der Waals surface area contributed by atoms with Crippen molar-refractivity contribution in [2.45, 2.75) is 0 Å². The highest BCUT2D eigenvalue weighted by atomic mass is 16.7. The van der Waals surface area contributed by atoms with Gasteiger partial charge in [0.2, 0.25) is 0 Å². The standard InChI is InChI=1S/C3H4O3.H2O/c1-2-6-3(4)5;/h2H,1H2,(H,4,5);1H2. The fourth-order valence-electron chi connectivity index (χ4n) is 0.0713. The molecule has 0 aliphatic carbocycles. The number of rotatable bonds is 1. The van der Waals surface area contributed by atoms with Crippen LogP contribution in [0.1, 0.15) is 0 Å². The lowest BCUT2D eigenvalue weighted by Gasteiger charge is -1.81. The van der Waals surface area contributed by atoms with E-state index in [9.17, 15) is 4.79 Å². The fourth-order valence-corrected chi connectivity index (χ4v) is 0.0713. The number of ether oxygens (including phenoxy) is 1. The average Bonchev–Trinajstić information content (AvgIpc) is 1.35. The SMILES string of the molecule is C=COC(=O)O.O. The van der Waals surface area contributed by atoms with E-state index in [1.807, 2.05) is 0 Å². The van der Waals surface area contributed by atoms with Gasteiger partial charge >= 0.3 is 6.16 Å². The first-order valence-electron chi connectivity index (χ1n) is 1.28. The molecule has 0 heterocycles. The Kier molecular flexibility index (Phi) is 6.64. The van der Waals surface area contributed by atoms with Crippen molar-refractivity contribution in [2.24, 2.45) is 0 Å². The minimum Gasteiger partial charge on any atom is -0.449 e. The zero-order chi connectivity index (χ0) is 4.99. The maximum atomic E-state index is 9.31. The molecule has 0 radical (unpaired) electrons. The number of hydrogen-bond acceptors (Lipinski definition) is 2. The summed E-state index contributed by atoms with van der Waals surface area (Å²) in [7, 11) is 0. The molecule has 4 heteroatoms. The predicted octanol–water partition coefficient (Wildman–Crippen LogP) is -0.000200. The van der Waals surface area contributed by atoms with Gasteiger partial charge in [-0.2, -0.15) is 0 Å². The number of hydrogen-bond donors (Lipinski definition) is 1. The Morgan fingerprint density at radius 2 is 2.29 bits per heavy atom. The summed E-state index contributed by atoms with van der Waals surface area (Å²) < 4.78 is 3.72. The first kappa shape index (κ1) is 9.36. The van der Waals surface area contributed by atoms with Gasteiger partial charge in [-0.25, -0.2) is 4.79 Å². The molecule has 0 aromatic rings. The maximum absolute atomic E-state index is 9.31. The molecule has 0 aromatic carbocycles. The number of carboxylic acid groups (broad SMARTS) is 1. The lowest BCUT2D eigenvalue weighted by atomic mass is 11.1. The Morgan fingerprint density at radius 3 is 2.29 bits per heavy atom. The summed E-state index contributed by atoms with van der Waals surface area (Å²) in [5.74, 6) is 0. The van der Waals surface area contributed by atoms with Crippen molar-refractivity contribution in [3.8, 4) is 0 Å². The molecule has 0 bridgehead atoms. The topological polar surface area (TPSA) is 78.0 Å². The van der Waals surface area contributed by atoms with Crippen LogP contribution in [0.15, 0.2) is 12.8 Å². The van der Waals surface area contributed by atoms with Crippen molar-refractivity contribution < 1.29 is 20.1 Å². The molecular weight excluding hydrogens is 100 g/mol. The van der Waals surface area contributed by atoms with Crippen LogP contribution in [0, 0.1) is 0 Å². The Morgan fingerprint density at radius 1 is 1.86 bits per heavy atom. The summed E-state index contributed by atoms with van der Waals surface area (Å²) >= 11 is 0. The molecule has 0 saturated carbocycles. The van der Waals surface area contributed by atoms with Crippen LogP contribution in [-0.4, -0.2) is 16.7 Å². The van der Waals surface area contributed by atoms with E-state index >= 15 is 0 Å². The van der Waals surface area contributed by atoms with E-state index in [-0.39, 0.29) is 5.48 Å². The van der Waals surface area contributed by atoms with E-state index in [0.29, 0.717) is 0 Å². The van der Waals surface area contributed by atoms with Crippen molar-refractivity contribution in [1.29, 1.82) is 0 Å². The van der Waals surface area contributed by atoms with Crippen LogP contribution in [0.4, 0.5) is 4.79 Å². The molecule has 0 fully saturated rings. The Labute approximate surface area is 40.3 Å². The molecule has 0 amide bonds. The summed E-state index contributed by atoms with van der Waals surface area (Å²) in [5, 5.41) is 7.62. The van der Waals surface area contributed by atoms with E-state index < -0.39 is 6.16 Å². The summed E-state index contributed by atoms with van der Waals surface area (Å²) in [5.41, 5.74) is 0. The molecule has 0 saturated heterocycles. The Bertz CT molecular complexity index is 67.3. The average molecular weight is 106 g/mol. The predicted molar refractivity (Wildman–Crippen MR) is 22.9 cm³/mol. The van der Waals surface area contributed by atoms with Gasteiger partial charge in [-0.1, -0.05) is 6.58 Å². The summed E-state index contributed by atoms with van der Waals surface area (Å²) in [6.45, 7) is 3.00. The smallest absolute Gasteiger partial charge is 0.449 e. The van der Waals surface area contributed by atoms with Crippen LogP contribution in [0.25, 0.3) is 0 Å².